The molecule has 0 aliphatic heterocycles. The highest BCUT2D eigenvalue weighted by Crippen LogP contribution is 2.34. The summed E-state index contributed by atoms with van der Waals surface area (Å²) < 4.78 is 63.4. The van der Waals surface area contributed by atoms with Gasteiger partial charge in [-0.15, -0.1) is 11.3 Å². The fourth-order valence-electron chi connectivity index (χ4n) is 1.61. The van der Waals surface area contributed by atoms with Gasteiger partial charge in [0.15, 0.2) is 0 Å². The molecule has 0 radical (unpaired) electrons. The van der Waals surface area contributed by atoms with Gasteiger partial charge in [0.25, 0.3) is 10.0 Å². The van der Waals surface area contributed by atoms with Crippen LogP contribution in [-0.2, 0) is 16.2 Å². The van der Waals surface area contributed by atoms with Crippen molar-refractivity contribution in [3.63, 3.8) is 0 Å². The van der Waals surface area contributed by atoms with E-state index >= 15 is 0 Å². The van der Waals surface area contributed by atoms with Crippen molar-refractivity contribution in [3.8, 4) is 0 Å². The van der Waals surface area contributed by atoms with Crippen LogP contribution in [0.5, 0.6) is 0 Å². The number of anilines is 1. The molecule has 128 valence electrons. The quantitative estimate of drug-likeness (QED) is 0.856. The van der Waals surface area contributed by atoms with E-state index in [0.29, 0.717) is 10.4 Å². The van der Waals surface area contributed by atoms with Gasteiger partial charge in [-0.05, 0) is 18.2 Å². The van der Waals surface area contributed by atoms with E-state index in [0.717, 1.165) is 24.3 Å². The highest BCUT2D eigenvalue weighted by molar-refractivity contribution is 7.93. The number of aromatic nitrogens is 1. The lowest BCUT2D eigenvalue weighted by molar-refractivity contribution is -0.136. The van der Waals surface area contributed by atoms with Gasteiger partial charge in [-0.3, -0.25) is 0 Å². The van der Waals surface area contributed by atoms with Gasteiger partial charge in [0.05, 0.1) is 16.7 Å². The van der Waals surface area contributed by atoms with E-state index in [9.17, 15) is 26.4 Å². The van der Waals surface area contributed by atoms with E-state index in [4.69, 9.17) is 0 Å². The zero-order chi connectivity index (χ0) is 17.8. The van der Waals surface area contributed by atoms with Gasteiger partial charge in [-0.25, -0.2) is 22.9 Å². The zero-order valence-corrected chi connectivity index (χ0v) is 13.4. The average Bonchev–Trinajstić information content (AvgIpc) is 2.97. The van der Waals surface area contributed by atoms with Gasteiger partial charge >= 0.3 is 12.2 Å². The number of para-hydroxylation sites is 1. The maximum absolute atomic E-state index is 12.8. The molecular formula is C13H10F3N3O3S2. The minimum atomic E-state index is -4.69. The molecule has 2 aromatic rings. The maximum Gasteiger partial charge on any atom is 0.418 e. The average molecular weight is 377 g/mol. The molecule has 1 aromatic heterocycles. The van der Waals surface area contributed by atoms with Crippen molar-refractivity contribution >= 4 is 39.2 Å². The van der Waals surface area contributed by atoms with Crippen molar-refractivity contribution in [1.29, 1.82) is 0 Å². The van der Waals surface area contributed by atoms with Crippen molar-refractivity contribution in [3.05, 3.63) is 51.8 Å². The summed E-state index contributed by atoms with van der Waals surface area (Å²) in [6, 6.07) is 2.91. The molecule has 0 atom stereocenters. The summed E-state index contributed by atoms with van der Waals surface area (Å²) in [4.78, 5) is 15.5. The van der Waals surface area contributed by atoms with Crippen molar-refractivity contribution in [1.82, 2.24) is 9.71 Å². The Morgan fingerprint density at radius 1 is 1.25 bits per heavy atom. The Morgan fingerprint density at radius 3 is 2.58 bits per heavy atom. The number of hydrogen-bond acceptors (Lipinski definition) is 5. The molecule has 0 fully saturated rings. The molecule has 1 aromatic carbocycles. The van der Waals surface area contributed by atoms with Crippen LogP contribution in [-0.4, -0.2) is 19.4 Å². The van der Waals surface area contributed by atoms with Gasteiger partial charge < -0.3 is 5.32 Å². The van der Waals surface area contributed by atoms with E-state index in [1.165, 1.54) is 23.6 Å². The second-order valence-corrected chi connectivity index (χ2v) is 6.81. The van der Waals surface area contributed by atoms with Crippen LogP contribution in [0.25, 0.3) is 6.08 Å². The van der Waals surface area contributed by atoms with Crippen LogP contribution >= 0.6 is 11.3 Å². The second-order valence-electron chi connectivity index (χ2n) is 4.32. The first-order valence-corrected chi connectivity index (χ1v) is 8.67. The Bertz CT molecular complexity index is 847. The predicted octanol–water partition coefficient (Wildman–Crippen LogP) is 3.28. The first kappa shape index (κ1) is 17.9. The van der Waals surface area contributed by atoms with Gasteiger partial charge in [0, 0.05) is 11.6 Å². The molecule has 24 heavy (non-hydrogen) atoms. The Balaban J connectivity index is 2.09. The Morgan fingerprint density at radius 2 is 1.96 bits per heavy atom. The topological polar surface area (TPSA) is 88.2 Å². The van der Waals surface area contributed by atoms with Crippen molar-refractivity contribution in [2.45, 2.75) is 6.18 Å². The van der Waals surface area contributed by atoms with E-state index in [2.05, 4.69) is 4.98 Å². The number of carbonyl (C=O) groups excluding carboxylic acids is 1. The van der Waals surface area contributed by atoms with Crippen LogP contribution in [0.3, 0.4) is 0 Å². The molecule has 0 unspecified atom stereocenters. The number of urea groups is 1. The molecule has 6 nitrogen and oxygen atoms in total. The SMILES string of the molecule is O=C(Nc1ccccc1C(F)(F)F)NS(=O)(=O)/C=C/c1nccs1. The predicted molar refractivity (Wildman–Crippen MR) is 83.7 cm³/mol. The van der Waals surface area contributed by atoms with Crippen LogP contribution in [0, 0.1) is 0 Å². The highest BCUT2D eigenvalue weighted by Gasteiger charge is 2.33. The number of rotatable bonds is 4. The number of halogens is 3. The zero-order valence-electron chi connectivity index (χ0n) is 11.7. The number of carbonyl (C=O) groups is 1. The lowest BCUT2D eigenvalue weighted by Crippen LogP contribution is -2.33. The van der Waals surface area contributed by atoms with Gasteiger partial charge in [-0.2, -0.15) is 13.2 Å². The molecule has 0 saturated carbocycles. The van der Waals surface area contributed by atoms with E-state index in [-0.39, 0.29) is 0 Å². The van der Waals surface area contributed by atoms with Gasteiger partial charge in [-0.1, -0.05) is 12.1 Å². The number of benzene rings is 1. The second kappa shape index (κ2) is 7.01. The van der Waals surface area contributed by atoms with E-state index in [1.807, 2.05) is 5.32 Å². The third kappa shape index (κ3) is 5.06. The molecule has 0 bridgehead atoms. The Hall–Kier alpha value is -2.40. The number of nitrogens with zero attached hydrogens (tertiary/aromatic N) is 1. The Kier molecular flexibility index (Phi) is 5.24. The molecule has 0 aliphatic rings. The van der Waals surface area contributed by atoms with Gasteiger partial charge in [0.1, 0.15) is 5.01 Å². The summed E-state index contributed by atoms with van der Waals surface area (Å²) in [7, 11) is -4.18. The number of thiazole rings is 1. The van der Waals surface area contributed by atoms with Crippen molar-refractivity contribution in [2.24, 2.45) is 0 Å². The van der Waals surface area contributed by atoms with Crippen LogP contribution in [0.4, 0.5) is 23.7 Å². The first-order chi connectivity index (χ1) is 11.2. The molecule has 2 amide bonds. The van der Waals surface area contributed by atoms with Gasteiger partial charge in [0.2, 0.25) is 0 Å². The monoisotopic (exact) mass is 377 g/mol. The molecule has 2 rings (SSSR count). The highest BCUT2D eigenvalue weighted by atomic mass is 32.2. The summed E-state index contributed by atoms with van der Waals surface area (Å²) in [5.74, 6) is 0. The fraction of sp³-hybridized carbons (Fsp3) is 0.0769. The summed E-state index contributed by atoms with van der Waals surface area (Å²) in [5.41, 5.74) is -1.64. The fourth-order valence-corrected chi connectivity index (χ4v) is 2.92. The number of amides is 2. The number of hydrogen-bond donors (Lipinski definition) is 2. The van der Waals surface area contributed by atoms with Crippen molar-refractivity contribution < 1.29 is 26.4 Å². The smallest absolute Gasteiger partial charge is 0.307 e. The van der Waals surface area contributed by atoms with E-state index in [1.54, 1.807) is 10.1 Å². The largest absolute Gasteiger partial charge is 0.418 e. The third-order valence-corrected chi connectivity index (χ3v) is 4.26. The molecule has 0 saturated heterocycles. The number of nitrogens with one attached hydrogen (secondary N) is 2. The molecular weight excluding hydrogens is 367 g/mol. The summed E-state index contributed by atoms with van der Waals surface area (Å²) in [6.45, 7) is 0. The van der Waals surface area contributed by atoms with Crippen LogP contribution in [0.15, 0.2) is 41.3 Å². The standard InChI is InChI=1S/C13H10F3N3O3S2/c14-13(15,16)9-3-1-2-4-10(9)18-12(20)19-24(21,22)8-5-11-17-6-7-23-11/h1-8H,(H2,18,19,20)/b8-5+. The molecule has 2 N–H and O–H groups in total. The molecule has 0 aliphatic carbocycles. The first-order valence-electron chi connectivity index (χ1n) is 6.25. The molecule has 0 spiro atoms. The number of alkyl halides is 3. The third-order valence-electron chi connectivity index (χ3n) is 2.56. The van der Waals surface area contributed by atoms with Crippen LogP contribution < -0.4 is 10.0 Å². The summed E-state index contributed by atoms with van der Waals surface area (Å²) in [6.07, 6.45) is -2.07. The van der Waals surface area contributed by atoms with Crippen LogP contribution in [0.1, 0.15) is 10.6 Å². The maximum atomic E-state index is 12.8. The molecule has 1 heterocycles. The minimum Gasteiger partial charge on any atom is -0.307 e. The van der Waals surface area contributed by atoms with Crippen molar-refractivity contribution in [2.75, 3.05) is 5.32 Å². The summed E-state index contributed by atoms with van der Waals surface area (Å²) >= 11 is 1.17. The molecule has 11 heteroatoms. The van der Waals surface area contributed by atoms with E-state index < -0.39 is 33.5 Å². The lowest BCUT2D eigenvalue weighted by atomic mass is 10.2. The Labute approximate surface area is 139 Å². The normalized spacial score (nSPS) is 12.3. The number of sulfonamides is 1. The lowest BCUT2D eigenvalue weighted by Gasteiger charge is -2.13. The summed E-state index contributed by atoms with van der Waals surface area (Å²) in [5, 5.41) is 4.58. The minimum absolute atomic E-state index is 0.392. The van der Waals surface area contributed by atoms with Crippen LogP contribution in [0.2, 0.25) is 0 Å².